The Morgan fingerprint density at radius 2 is 1.71 bits per heavy atom. The molecule has 0 saturated carbocycles. The molecule has 190 valence electrons. The number of amides is 1. The van der Waals surface area contributed by atoms with Crippen molar-refractivity contribution in [3.63, 3.8) is 0 Å². The van der Waals surface area contributed by atoms with Crippen molar-refractivity contribution in [1.29, 1.82) is 0 Å². The molecule has 1 aliphatic heterocycles. The molecule has 38 heavy (non-hydrogen) atoms. The first-order chi connectivity index (χ1) is 18.6. The Morgan fingerprint density at radius 3 is 2.55 bits per heavy atom. The van der Waals surface area contributed by atoms with Gasteiger partial charge in [0.2, 0.25) is 5.89 Å². The van der Waals surface area contributed by atoms with Crippen molar-refractivity contribution in [2.24, 2.45) is 5.92 Å². The number of ether oxygens (including phenoxy) is 1. The lowest BCUT2D eigenvalue weighted by Gasteiger charge is -2.21. The summed E-state index contributed by atoms with van der Waals surface area (Å²) in [7, 11) is 0. The number of Topliss-reactive ketones (excluding diaryl/α,β-unsaturated/α-hetero) is 1. The molecule has 1 amide bonds. The van der Waals surface area contributed by atoms with E-state index in [2.05, 4.69) is 4.98 Å². The fourth-order valence-electron chi connectivity index (χ4n) is 5.19. The number of oxazole rings is 1. The number of hydrogen-bond acceptors (Lipinski definition) is 6. The molecule has 0 spiro atoms. The molecule has 7 heteroatoms. The van der Waals surface area contributed by atoms with E-state index in [0.717, 1.165) is 10.9 Å². The molecule has 4 aromatic carbocycles. The molecule has 1 aliphatic rings. The molecule has 1 aromatic heterocycles. The number of aromatic hydroxyl groups is 1. The number of phenols is 1. The highest BCUT2D eigenvalue weighted by molar-refractivity contribution is 6.04. The Morgan fingerprint density at radius 1 is 0.947 bits per heavy atom. The third-order valence-electron chi connectivity index (χ3n) is 7.10. The molecular formula is C31H26N2O5. The minimum absolute atomic E-state index is 0.0132. The number of likely N-dealkylation sites (tertiary alicyclic amines) is 1. The summed E-state index contributed by atoms with van der Waals surface area (Å²) in [5, 5.41) is 12.3. The first-order valence-electron chi connectivity index (χ1n) is 12.6. The molecule has 7 nitrogen and oxygen atoms in total. The van der Waals surface area contributed by atoms with Gasteiger partial charge in [0.25, 0.3) is 0 Å². The van der Waals surface area contributed by atoms with E-state index in [-0.39, 0.29) is 36.0 Å². The average molecular weight is 507 g/mol. The van der Waals surface area contributed by atoms with Crippen LogP contribution in [0.25, 0.3) is 21.9 Å². The Hall–Kier alpha value is -4.65. The number of carbonyl (C=O) groups excluding carboxylic acids is 2. The maximum Gasteiger partial charge on any atom is 0.410 e. The van der Waals surface area contributed by atoms with E-state index in [4.69, 9.17) is 9.15 Å². The number of hydrogen-bond donors (Lipinski definition) is 1. The number of fused-ring (bicyclic) bond motifs is 2. The third-order valence-corrected chi connectivity index (χ3v) is 7.10. The van der Waals surface area contributed by atoms with Crippen molar-refractivity contribution in [3.8, 4) is 5.75 Å². The van der Waals surface area contributed by atoms with Gasteiger partial charge in [0.15, 0.2) is 11.4 Å². The fraction of sp³-hybridized carbons (Fsp3) is 0.194. The molecule has 1 N–H and O–H groups in total. The van der Waals surface area contributed by atoms with Crippen LogP contribution in [0.5, 0.6) is 5.75 Å². The maximum atomic E-state index is 13.3. The predicted molar refractivity (Wildman–Crippen MR) is 143 cm³/mol. The predicted octanol–water partition coefficient (Wildman–Crippen LogP) is 6.66. The van der Waals surface area contributed by atoms with Gasteiger partial charge in [-0.05, 0) is 41.5 Å². The minimum atomic E-state index is -0.482. The molecule has 0 bridgehead atoms. The molecule has 0 unspecified atom stereocenters. The van der Waals surface area contributed by atoms with E-state index in [1.54, 1.807) is 17.0 Å². The lowest BCUT2D eigenvalue weighted by Crippen LogP contribution is -2.32. The second kappa shape index (κ2) is 10.0. The Labute approximate surface area is 219 Å². The summed E-state index contributed by atoms with van der Waals surface area (Å²) in [6, 6.07) is 27.4. The third kappa shape index (κ3) is 4.59. The smallest absolute Gasteiger partial charge is 0.410 e. The average Bonchev–Trinajstić information content (AvgIpc) is 3.57. The molecule has 0 radical (unpaired) electrons. The quantitative estimate of drug-likeness (QED) is 0.259. The summed E-state index contributed by atoms with van der Waals surface area (Å²) in [6.07, 6.45) is 0.183. The summed E-state index contributed by atoms with van der Waals surface area (Å²) in [6.45, 7) is 0.460. The van der Waals surface area contributed by atoms with Crippen LogP contribution in [0, 0.1) is 5.92 Å². The molecule has 6 rings (SSSR count). The van der Waals surface area contributed by atoms with Gasteiger partial charge in [-0.1, -0.05) is 72.8 Å². The van der Waals surface area contributed by atoms with Crippen LogP contribution in [0.2, 0.25) is 0 Å². The van der Waals surface area contributed by atoms with Gasteiger partial charge < -0.3 is 14.3 Å². The van der Waals surface area contributed by atoms with Crippen LogP contribution in [0.15, 0.2) is 95.4 Å². The highest BCUT2D eigenvalue weighted by Crippen LogP contribution is 2.39. The molecule has 1 fully saturated rings. The number of benzene rings is 4. The lowest BCUT2D eigenvalue weighted by molar-refractivity contribution is 0.0861. The van der Waals surface area contributed by atoms with E-state index < -0.39 is 12.1 Å². The largest absolute Gasteiger partial charge is 0.507 e. The molecule has 0 aliphatic carbocycles. The number of rotatable bonds is 6. The van der Waals surface area contributed by atoms with Gasteiger partial charge >= 0.3 is 6.09 Å². The van der Waals surface area contributed by atoms with Gasteiger partial charge in [-0.2, -0.15) is 0 Å². The Balaban J connectivity index is 1.24. The number of phenolic OH excluding ortho intramolecular Hbond substituents is 1. The first kappa shape index (κ1) is 23.7. The summed E-state index contributed by atoms with van der Waals surface area (Å²) in [5.74, 6) is 0.0822. The van der Waals surface area contributed by atoms with Crippen LogP contribution >= 0.6 is 0 Å². The van der Waals surface area contributed by atoms with Crippen molar-refractivity contribution in [1.82, 2.24) is 9.88 Å². The number of para-hydroxylation sites is 2. The second-order valence-corrected chi connectivity index (χ2v) is 9.64. The van der Waals surface area contributed by atoms with Crippen molar-refractivity contribution < 1.29 is 23.8 Å². The van der Waals surface area contributed by atoms with Crippen LogP contribution in [-0.4, -0.2) is 33.4 Å². The van der Waals surface area contributed by atoms with Gasteiger partial charge in [-0.15, -0.1) is 0 Å². The topological polar surface area (TPSA) is 92.9 Å². The number of nitrogens with zero attached hydrogens (tertiary/aromatic N) is 2. The summed E-state index contributed by atoms with van der Waals surface area (Å²) >= 11 is 0. The highest BCUT2D eigenvalue weighted by Gasteiger charge is 2.41. The van der Waals surface area contributed by atoms with Crippen LogP contribution in [0.3, 0.4) is 0 Å². The fourth-order valence-corrected chi connectivity index (χ4v) is 5.19. The van der Waals surface area contributed by atoms with Crippen molar-refractivity contribution in [3.05, 3.63) is 108 Å². The molecule has 1 saturated heterocycles. The first-order valence-corrected chi connectivity index (χ1v) is 12.6. The zero-order valence-electron chi connectivity index (χ0n) is 20.6. The van der Waals surface area contributed by atoms with Gasteiger partial charge in [-0.25, -0.2) is 9.78 Å². The van der Waals surface area contributed by atoms with E-state index in [1.165, 1.54) is 0 Å². The van der Waals surface area contributed by atoms with Gasteiger partial charge in [-0.3, -0.25) is 9.69 Å². The zero-order chi connectivity index (χ0) is 26.1. The Kier molecular flexibility index (Phi) is 6.25. The Bertz CT molecular complexity index is 1590. The van der Waals surface area contributed by atoms with Crippen LogP contribution in [-0.2, 0) is 11.3 Å². The van der Waals surface area contributed by atoms with Gasteiger partial charge in [0.05, 0.1) is 5.56 Å². The summed E-state index contributed by atoms with van der Waals surface area (Å²) in [4.78, 5) is 32.8. The number of ketones is 1. The normalized spacial score (nSPS) is 17.2. The monoisotopic (exact) mass is 506 g/mol. The molecule has 2 heterocycles. The lowest BCUT2D eigenvalue weighted by atomic mass is 9.94. The van der Waals surface area contributed by atoms with Gasteiger partial charge in [0, 0.05) is 18.4 Å². The van der Waals surface area contributed by atoms with E-state index in [1.807, 2.05) is 78.9 Å². The van der Waals surface area contributed by atoms with E-state index in [0.29, 0.717) is 35.3 Å². The van der Waals surface area contributed by atoms with Crippen molar-refractivity contribution >= 4 is 33.7 Å². The van der Waals surface area contributed by atoms with Crippen LogP contribution in [0.4, 0.5) is 4.79 Å². The molecule has 2 atom stereocenters. The maximum absolute atomic E-state index is 13.3. The van der Waals surface area contributed by atoms with E-state index in [9.17, 15) is 14.7 Å². The molecular weight excluding hydrogens is 480 g/mol. The summed E-state index contributed by atoms with van der Waals surface area (Å²) < 4.78 is 11.7. The summed E-state index contributed by atoms with van der Waals surface area (Å²) in [5.41, 5.74) is 2.52. The van der Waals surface area contributed by atoms with Gasteiger partial charge in [0.1, 0.15) is 23.9 Å². The second-order valence-electron chi connectivity index (χ2n) is 9.64. The van der Waals surface area contributed by atoms with E-state index >= 15 is 0 Å². The van der Waals surface area contributed by atoms with Crippen LogP contribution in [0.1, 0.15) is 40.7 Å². The standard InChI is InChI=1S/C31H26N2O5/c34-27(24-15-14-22-10-4-5-11-23(22)29(24)35)17-21-16-26(30-32-25-12-6-7-13-28(25)38-30)33(18-21)31(36)37-19-20-8-2-1-3-9-20/h1-15,21,26,35H,16-19H2/t21-,26+/m1/s1. The zero-order valence-corrected chi connectivity index (χ0v) is 20.6. The highest BCUT2D eigenvalue weighted by atomic mass is 16.6. The van der Waals surface area contributed by atoms with Crippen molar-refractivity contribution in [2.75, 3.05) is 6.54 Å². The number of aromatic nitrogens is 1. The minimum Gasteiger partial charge on any atom is -0.507 e. The van der Waals surface area contributed by atoms with Crippen molar-refractivity contribution in [2.45, 2.75) is 25.5 Å². The number of carbonyl (C=O) groups is 2. The SMILES string of the molecule is O=C(C[C@H]1C[C@@H](c2nc3ccccc3o2)N(C(=O)OCc2ccccc2)C1)c1ccc2ccccc2c1O. The molecule has 5 aromatic rings. The van der Waals surface area contributed by atoms with Crippen LogP contribution < -0.4 is 0 Å².